The van der Waals surface area contributed by atoms with Gasteiger partial charge in [-0.3, -0.25) is 0 Å². The number of halogens is 1. The van der Waals surface area contributed by atoms with Gasteiger partial charge in [-0.2, -0.15) is 0 Å². The van der Waals surface area contributed by atoms with Crippen LogP contribution in [0.1, 0.15) is 12.5 Å². The highest BCUT2D eigenvalue weighted by atomic mass is 35.5. The number of anilines is 2. The number of urea groups is 2. The first-order valence-electron chi connectivity index (χ1n) is 9.48. The predicted octanol–water partition coefficient (Wildman–Crippen LogP) is 5.80. The molecule has 0 heterocycles. The molecule has 3 rings (SSSR count). The quantitative estimate of drug-likeness (QED) is 0.493. The van der Waals surface area contributed by atoms with Crippen LogP contribution in [0.3, 0.4) is 0 Å². The molecule has 3 aromatic rings. The van der Waals surface area contributed by atoms with Gasteiger partial charge in [-0.1, -0.05) is 60.1 Å². The molecule has 32 heavy (non-hydrogen) atoms. The van der Waals surface area contributed by atoms with Crippen LogP contribution in [0.25, 0.3) is 5.57 Å². The van der Waals surface area contributed by atoms with Gasteiger partial charge in [0.2, 0.25) is 0 Å². The van der Waals surface area contributed by atoms with Gasteiger partial charge in [-0.15, -0.1) is 4.31 Å². The van der Waals surface area contributed by atoms with Crippen LogP contribution in [0.4, 0.5) is 21.0 Å². The SMILES string of the molecule is C/C(=C\S(=O)(=O)N(C(=O)Nc1ccccc1)C(=O)Nc1ccccc1)c1cccc(Cl)c1. The van der Waals surface area contributed by atoms with Gasteiger partial charge in [0.05, 0.1) is 5.41 Å². The number of nitrogens with one attached hydrogen (secondary N) is 2. The molecule has 0 saturated heterocycles. The Balaban J connectivity index is 1.96. The zero-order valence-corrected chi connectivity index (χ0v) is 18.6. The second-order valence-corrected chi connectivity index (χ2v) is 8.78. The molecule has 3 aromatic carbocycles. The van der Waals surface area contributed by atoms with E-state index in [1.807, 2.05) is 0 Å². The molecule has 7 nitrogen and oxygen atoms in total. The third kappa shape index (κ3) is 5.96. The molecule has 0 fully saturated rings. The van der Waals surface area contributed by atoms with Crippen LogP contribution < -0.4 is 10.6 Å². The molecule has 0 aromatic heterocycles. The Kier molecular flexibility index (Phi) is 7.29. The first-order valence-corrected chi connectivity index (χ1v) is 11.4. The van der Waals surface area contributed by atoms with Crippen molar-refractivity contribution in [2.24, 2.45) is 0 Å². The van der Waals surface area contributed by atoms with Crippen molar-refractivity contribution in [1.29, 1.82) is 0 Å². The first kappa shape index (κ1) is 23.1. The molecule has 0 radical (unpaired) electrons. The van der Waals surface area contributed by atoms with Crippen molar-refractivity contribution in [3.05, 3.63) is 101 Å². The van der Waals surface area contributed by atoms with Gasteiger partial charge >= 0.3 is 12.1 Å². The van der Waals surface area contributed by atoms with Gasteiger partial charge in [0, 0.05) is 16.4 Å². The molecule has 0 bridgehead atoms. The van der Waals surface area contributed by atoms with Crippen molar-refractivity contribution in [3.63, 3.8) is 0 Å². The average Bonchev–Trinajstić information content (AvgIpc) is 2.74. The average molecular weight is 470 g/mol. The normalized spacial score (nSPS) is 11.5. The molecule has 0 atom stereocenters. The highest BCUT2D eigenvalue weighted by Gasteiger charge is 2.33. The van der Waals surface area contributed by atoms with Gasteiger partial charge in [-0.05, 0) is 54.5 Å². The first-order chi connectivity index (χ1) is 15.3. The zero-order chi connectivity index (χ0) is 23.1. The maximum Gasteiger partial charge on any atom is 0.344 e. The lowest BCUT2D eigenvalue weighted by Crippen LogP contribution is -2.45. The van der Waals surface area contributed by atoms with Gasteiger partial charge in [0.15, 0.2) is 0 Å². The van der Waals surface area contributed by atoms with Crippen molar-refractivity contribution in [2.45, 2.75) is 6.92 Å². The summed E-state index contributed by atoms with van der Waals surface area (Å²) in [5.74, 6) is 0. The van der Waals surface area contributed by atoms with Crippen LogP contribution in [-0.2, 0) is 10.0 Å². The van der Waals surface area contributed by atoms with E-state index in [-0.39, 0.29) is 4.31 Å². The Morgan fingerprint density at radius 2 is 1.31 bits per heavy atom. The molecule has 0 spiro atoms. The van der Waals surface area contributed by atoms with Gasteiger partial charge < -0.3 is 10.6 Å². The van der Waals surface area contributed by atoms with Crippen molar-refractivity contribution >= 4 is 50.6 Å². The molecular weight excluding hydrogens is 450 g/mol. The van der Waals surface area contributed by atoms with E-state index >= 15 is 0 Å². The van der Waals surface area contributed by atoms with Crippen molar-refractivity contribution < 1.29 is 18.0 Å². The third-order valence-corrected chi connectivity index (χ3v) is 6.01. The number of sulfonamides is 1. The number of para-hydroxylation sites is 2. The van der Waals surface area contributed by atoms with E-state index in [9.17, 15) is 18.0 Å². The van der Waals surface area contributed by atoms with Crippen LogP contribution in [0.2, 0.25) is 5.02 Å². The van der Waals surface area contributed by atoms with Crippen molar-refractivity contribution in [1.82, 2.24) is 4.31 Å². The number of nitrogens with zero attached hydrogens (tertiary/aromatic N) is 1. The van der Waals surface area contributed by atoms with Gasteiger partial charge in [0.1, 0.15) is 0 Å². The largest absolute Gasteiger partial charge is 0.344 e. The summed E-state index contributed by atoms with van der Waals surface area (Å²) in [5, 5.41) is 6.15. The van der Waals surface area contributed by atoms with Crippen LogP contribution in [0, 0.1) is 0 Å². The minimum atomic E-state index is -4.52. The summed E-state index contributed by atoms with van der Waals surface area (Å²) in [5.41, 5.74) is 1.51. The lowest BCUT2D eigenvalue weighted by molar-refractivity contribution is 0.223. The Labute approximate surface area is 191 Å². The Hall–Kier alpha value is -3.62. The smallest absolute Gasteiger partial charge is 0.307 e. The molecule has 4 amide bonds. The number of hydrogen-bond donors (Lipinski definition) is 2. The number of imide groups is 1. The fourth-order valence-electron chi connectivity index (χ4n) is 2.79. The standard InChI is InChI=1S/C23H20ClN3O4S/c1-17(18-9-8-10-19(24)15-18)16-32(30,31)27(22(28)25-20-11-4-2-5-12-20)23(29)26-21-13-6-3-7-14-21/h2-16H,1H3,(H,25,28)(H,26,29)/b17-16+. The molecule has 2 N–H and O–H groups in total. The summed E-state index contributed by atoms with van der Waals surface area (Å²) in [4.78, 5) is 25.8. The van der Waals surface area contributed by atoms with Crippen LogP contribution >= 0.6 is 11.6 Å². The summed E-state index contributed by atoms with van der Waals surface area (Å²) in [6, 6.07) is 20.8. The molecule has 0 aliphatic heterocycles. The summed E-state index contributed by atoms with van der Waals surface area (Å²) in [6.07, 6.45) is 0. The van der Waals surface area contributed by atoms with E-state index in [1.54, 1.807) is 91.9 Å². The molecule has 0 aliphatic rings. The summed E-state index contributed by atoms with van der Waals surface area (Å²) < 4.78 is 26.5. The molecule has 0 unspecified atom stereocenters. The molecule has 0 saturated carbocycles. The maximum absolute atomic E-state index is 13.2. The summed E-state index contributed by atoms with van der Waals surface area (Å²) >= 11 is 5.99. The molecule has 9 heteroatoms. The number of carbonyl (C=O) groups is 2. The van der Waals surface area contributed by atoms with Gasteiger partial charge in [-0.25, -0.2) is 18.0 Å². The molecule has 0 aliphatic carbocycles. The number of carbonyl (C=O) groups excluding carboxylic acids is 2. The van der Waals surface area contributed by atoms with Crippen LogP contribution in [0.15, 0.2) is 90.3 Å². The second-order valence-electron chi connectivity index (χ2n) is 6.71. The van der Waals surface area contributed by atoms with Crippen molar-refractivity contribution in [3.8, 4) is 0 Å². The number of hydrogen-bond acceptors (Lipinski definition) is 4. The monoisotopic (exact) mass is 469 g/mol. The van der Waals surface area contributed by atoms with E-state index < -0.39 is 22.1 Å². The van der Waals surface area contributed by atoms with E-state index in [2.05, 4.69) is 10.6 Å². The Morgan fingerprint density at radius 3 is 1.78 bits per heavy atom. The van der Waals surface area contributed by atoms with E-state index in [0.29, 0.717) is 27.5 Å². The summed E-state index contributed by atoms with van der Waals surface area (Å²) in [6.45, 7) is 1.55. The van der Waals surface area contributed by atoms with E-state index in [0.717, 1.165) is 5.41 Å². The minimum Gasteiger partial charge on any atom is -0.307 e. The van der Waals surface area contributed by atoms with Crippen LogP contribution in [-0.4, -0.2) is 24.8 Å². The minimum absolute atomic E-state index is 0.154. The Bertz CT molecular complexity index is 1190. The summed E-state index contributed by atoms with van der Waals surface area (Å²) in [7, 11) is -4.52. The van der Waals surface area contributed by atoms with Crippen LogP contribution in [0.5, 0.6) is 0 Å². The highest BCUT2D eigenvalue weighted by Crippen LogP contribution is 2.22. The second kappa shape index (κ2) is 10.1. The predicted molar refractivity (Wildman–Crippen MR) is 127 cm³/mol. The number of benzene rings is 3. The number of allylic oxidation sites excluding steroid dienone is 1. The molecular formula is C23H20ClN3O4S. The van der Waals surface area contributed by atoms with Gasteiger partial charge in [0.25, 0.3) is 10.0 Å². The zero-order valence-electron chi connectivity index (χ0n) is 17.0. The van der Waals surface area contributed by atoms with Crippen molar-refractivity contribution in [2.75, 3.05) is 10.6 Å². The fraction of sp³-hybridized carbons (Fsp3) is 0.0435. The Morgan fingerprint density at radius 1 is 0.812 bits per heavy atom. The number of amides is 4. The lowest BCUT2D eigenvalue weighted by Gasteiger charge is -2.20. The molecule has 164 valence electrons. The lowest BCUT2D eigenvalue weighted by atomic mass is 10.1. The topological polar surface area (TPSA) is 95.6 Å². The maximum atomic E-state index is 13.2. The van der Waals surface area contributed by atoms with E-state index in [4.69, 9.17) is 11.6 Å². The third-order valence-electron chi connectivity index (χ3n) is 4.28. The fourth-order valence-corrected chi connectivity index (χ4v) is 4.22. The number of rotatable bonds is 5. The van der Waals surface area contributed by atoms with E-state index in [1.165, 1.54) is 0 Å². The highest BCUT2D eigenvalue weighted by molar-refractivity contribution is 7.93.